The van der Waals surface area contributed by atoms with Crippen molar-refractivity contribution in [2.45, 2.75) is 23.8 Å². The van der Waals surface area contributed by atoms with Crippen molar-refractivity contribution < 1.29 is 14.3 Å². The Morgan fingerprint density at radius 3 is 2.48 bits per heavy atom. The fourth-order valence-corrected chi connectivity index (χ4v) is 3.69. The van der Waals surface area contributed by atoms with Gasteiger partial charge in [-0.2, -0.15) is 0 Å². The Balaban J connectivity index is 1.60. The first-order valence-corrected chi connectivity index (χ1v) is 9.26. The molecule has 2 saturated heterocycles. The van der Waals surface area contributed by atoms with Crippen molar-refractivity contribution in [3.63, 3.8) is 0 Å². The van der Waals surface area contributed by atoms with Crippen LogP contribution in [0.25, 0.3) is 0 Å². The monoisotopic (exact) mass is 334 g/mol. The van der Waals surface area contributed by atoms with Crippen LogP contribution in [0, 0.1) is 0 Å². The van der Waals surface area contributed by atoms with Gasteiger partial charge in [0, 0.05) is 37.7 Å². The average molecular weight is 334 g/mol. The Morgan fingerprint density at radius 1 is 1.13 bits per heavy atom. The maximum atomic E-state index is 12.7. The first-order chi connectivity index (χ1) is 11.2. The van der Waals surface area contributed by atoms with Gasteiger partial charge in [-0.05, 0) is 31.2 Å². The first-order valence-electron chi connectivity index (χ1n) is 8.03. The van der Waals surface area contributed by atoms with Gasteiger partial charge in [-0.25, -0.2) is 0 Å². The third kappa shape index (κ3) is 3.53. The van der Waals surface area contributed by atoms with Gasteiger partial charge >= 0.3 is 0 Å². The smallest absolute Gasteiger partial charge is 0.255 e. The summed E-state index contributed by atoms with van der Waals surface area (Å²) in [4.78, 5) is 29.7. The van der Waals surface area contributed by atoms with E-state index in [2.05, 4.69) is 0 Å². The number of amides is 2. The second-order valence-corrected chi connectivity index (χ2v) is 6.67. The minimum absolute atomic E-state index is 0.0548. The number of carbonyl (C=O) groups excluding carboxylic acids is 2. The third-order valence-corrected chi connectivity index (χ3v) is 5.22. The van der Waals surface area contributed by atoms with Gasteiger partial charge in [0.05, 0.1) is 5.56 Å². The fraction of sp³-hybridized carbons (Fsp3) is 0.529. The third-order valence-electron chi connectivity index (χ3n) is 4.42. The average Bonchev–Trinajstić information content (AvgIpc) is 3.15. The van der Waals surface area contributed by atoms with Crippen LogP contribution in [-0.4, -0.2) is 66.8 Å². The number of rotatable bonds is 3. The topological polar surface area (TPSA) is 49.9 Å². The Bertz CT molecular complexity index is 579. The summed E-state index contributed by atoms with van der Waals surface area (Å²) in [5, 5.41) is 0. The molecule has 2 aliphatic rings. The van der Waals surface area contributed by atoms with Crippen molar-refractivity contribution in [2.24, 2.45) is 0 Å². The van der Waals surface area contributed by atoms with E-state index < -0.39 is 0 Å². The molecule has 124 valence electrons. The lowest BCUT2D eigenvalue weighted by atomic mass is 10.1. The standard InChI is InChI=1S/C17H22N2O3S/c1-23-15-7-3-2-5-13(15)16(20)18-8-10-19(11-9-18)17(21)14-6-4-12-22-14/h2-3,5,7,14H,4,6,8-12H2,1H3. The summed E-state index contributed by atoms with van der Waals surface area (Å²) in [6.45, 7) is 3.03. The second-order valence-electron chi connectivity index (χ2n) is 5.82. The minimum Gasteiger partial charge on any atom is -0.368 e. The van der Waals surface area contributed by atoms with Crippen LogP contribution in [0.4, 0.5) is 0 Å². The maximum absolute atomic E-state index is 12.7. The van der Waals surface area contributed by atoms with Gasteiger partial charge in [-0.3, -0.25) is 9.59 Å². The zero-order valence-corrected chi connectivity index (χ0v) is 14.2. The number of hydrogen-bond donors (Lipinski definition) is 0. The summed E-state index contributed by atoms with van der Waals surface area (Å²) in [6, 6.07) is 7.68. The molecule has 0 radical (unpaired) electrons. The highest BCUT2D eigenvalue weighted by Crippen LogP contribution is 2.22. The number of nitrogens with zero attached hydrogens (tertiary/aromatic N) is 2. The summed E-state index contributed by atoms with van der Waals surface area (Å²) in [7, 11) is 0. The van der Waals surface area contributed by atoms with E-state index >= 15 is 0 Å². The molecule has 1 aromatic rings. The predicted molar refractivity (Wildman–Crippen MR) is 89.7 cm³/mol. The van der Waals surface area contributed by atoms with E-state index in [1.165, 1.54) is 0 Å². The van der Waals surface area contributed by atoms with E-state index in [1.54, 1.807) is 11.8 Å². The van der Waals surface area contributed by atoms with E-state index in [4.69, 9.17) is 4.74 Å². The first kappa shape index (κ1) is 16.3. The van der Waals surface area contributed by atoms with Crippen molar-refractivity contribution in [1.29, 1.82) is 0 Å². The number of carbonyl (C=O) groups is 2. The van der Waals surface area contributed by atoms with Crippen LogP contribution < -0.4 is 0 Å². The second kappa shape index (κ2) is 7.36. The highest BCUT2D eigenvalue weighted by atomic mass is 32.2. The lowest BCUT2D eigenvalue weighted by Crippen LogP contribution is -2.52. The zero-order valence-electron chi connectivity index (χ0n) is 13.4. The summed E-state index contributed by atoms with van der Waals surface area (Å²) in [5.74, 6) is 0.137. The molecule has 0 aromatic heterocycles. The molecular weight excluding hydrogens is 312 g/mol. The van der Waals surface area contributed by atoms with Crippen LogP contribution >= 0.6 is 11.8 Å². The number of ether oxygens (including phenoxy) is 1. The SMILES string of the molecule is CSc1ccccc1C(=O)N1CCN(C(=O)C2CCCO2)CC1. The van der Waals surface area contributed by atoms with Gasteiger partial charge in [0.1, 0.15) is 6.10 Å². The van der Waals surface area contributed by atoms with Crippen molar-refractivity contribution >= 4 is 23.6 Å². The number of benzene rings is 1. The minimum atomic E-state index is -0.269. The van der Waals surface area contributed by atoms with Gasteiger partial charge in [-0.1, -0.05) is 12.1 Å². The van der Waals surface area contributed by atoms with Crippen LogP contribution in [0.5, 0.6) is 0 Å². The molecule has 1 unspecified atom stereocenters. The lowest BCUT2D eigenvalue weighted by Gasteiger charge is -2.36. The largest absolute Gasteiger partial charge is 0.368 e. The van der Waals surface area contributed by atoms with Gasteiger partial charge in [0.2, 0.25) is 0 Å². The van der Waals surface area contributed by atoms with E-state index in [1.807, 2.05) is 40.3 Å². The highest BCUT2D eigenvalue weighted by Gasteiger charge is 2.31. The quantitative estimate of drug-likeness (QED) is 0.792. The fourth-order valence-electron chi connectivity index (χ4n) is 3.10. The van der Waals surface area contributed by atoms with Gasteiger partial charge in [0.15, 0.2) is 0 Å². The normalized spacial score (nSPS) is 21.5. The summed E-state index contributed by atoms with van der Waals surface area (Å²) in [6.07, 6.45) is 3.48. The highest BCUT2D eigenvalue weighted by molar-refractivity contribution is 7.98. The molecule has 0 aliphatic carbocycles. The number of piperazine rings is 1. The van der Waals surface area contributed by atoms with E-state index in [-0.39, 0.29) is 17.9 Å². The van der Waals surface area contributed by atoms with Crippen molar-refractivity contribution in [3.8, 4) is 0 Å². The van der Waals surface area contributed by atoms with Gasteiger partial charge in [-0.15, -0.1) is 11.8 Å². The molecule has 5 nitrogen and oxygen atoms in total. The molecule has 2 fully saturated rings. The lowest BCUT2D eigenvalue weighted by molar-refractivity contribution is -0.142. The molecule has 0 bridgehead atoms. The Morgan fingerprint density at radius 2 is 1.83 bits per heavy atom. The molecule has 2 amide bonds. The zero-order chi connectivity index (χ0) is 16.2. The Labute approximate surface area is 141 Å². The van der Waals surface area contributed by atoms with E-state index in [9.17, 15) is 9.59 Å². The predicted octanol–water partition coefficient (Wildman–Crippen LogP) is 1.87. The van der Waals surface area contributed by atoms with Gasteiger partial charge in [0.25, 0.3) is 11.8 Å². The Kier molecular flexibility index (Phi) is 5.23. The summed E-state index contributed by atoms with van der Waals surface area (Å²) in [5.41, 5.74) is 0.749. The number of thioether (sulfide) groups is 1. The molecule has 0 N–H and O–H groups in total. The van der Waals surface area contributed by atoms with Gasteiger partial charge < -0.3 is 14.5 Å². The molecular formula is C17H22N2O3S. The van der Waals surface area contributed by atoms with E-state index in [0.717, 1.165) is 23.3 Å². The van der Waals surface area contributed by atoms with E-state index in [0.29, 0.717) is 32.8 Å². The molecule has 3 rings (SSSR count). The molecule has 2 heterocycles. The molecule has 0 spiro atoms. The molecule has 1 atom stereocenters. The molecule has 1 aromatic carbocycles. The maximum Gasteiger partial charge on any atom is 0.255 e. The molecule has 6 heteroatoms. The molecule has 0 saturated carbocycles. The van der Waals surface area contributed by atoms with Crippen molar-refractivity contribution in [3.05, 3.63) is 29.8 Å². The van der Waals surface area contributed by atoms with Crippen molar-refractivity contribution in [1.82, 2.24) is 9.80 Å². The van der Waals surface area contributed by atoms with Crippen LogP contribution in [0.2, 0.25) is 0 Å². The van der Waals surface area contributed by atoms with Crippen LogP contribution in [0.15, 0.2) is 29.2 Å². The van der Waals surface area contributed by atoms with Crippen LogP contribution in [-0.2, 0) is 9.53 Å². The van der Waals surface area contributed by atoms with Crippen molar-refractivity contribution in [2.75, 3.05) is 39.0 Å². The van der Waals surface area contributed by atoms with Crippen LogP contribution in [0.3, 0.4) is 0 Å². The summed E-state index contributed by atoms with van der Waals surface area (Å²) >= 11 is 1.58. The van der Waals surface area contributed by atoms with Crippen LogP contribution in [0.1, 0.15) is 23.2 Å². The summed E-state index contributed by atoms with van der Waals surface area (Å²) < 4.78 is 5.47. The Hall–Kier alpha value is -1.53. The molecule has 23 heavy (non-hydrogen) atoms. The number of hydrogen-bond acceptors (Lipinski definition) is 4. The molecule has 2 aliphatic heterocycles.